The van der Waals surface area contributed by atoms with E-state index in [0.717, 1.165) is 16.1 Å². The molecule has 4 rings (SSSR count). The molecule has 0 radical (unpaired) electrons. The molecule has 1 N–H and O–H groups in total. The summed E-state index contributed by atoms with van der Waals surface area (Å²) < 4.78 is 14.1. The van der Waals surface area contributed by atoms with Crippen LogP contribution < -0.4 is 5.32 Å². The second-order valence-corrected chi connectivity index (χ2v) is 7.41. The minimum absolute atomic E-state index is 0.167. The van der Waals surface area contributed by atoms with E-state index < -0.39 is 0 Å². The van der Waals surface area contributed by atoms with Crippen LogP contribution in [0, 0.1) is 5.82 Å². The van der Waals surface area contributed by atoms with Crippen molar-refractivity contribution in [3.05, 3.63) is 96.2 Å². The normalized spacial score (nSPS) is 10.7. The highest BCUT2D eigenvalue weighted by atomic mass is 32.1. The Bertz CT molecular complexity index is 1130. The topological polar surface area (TPSA) is 54.9 Å². The maximum atomic E-state index is 14.1. The van der Waals surface area contributed by atoms with Gasteiger partial charge in [0.25, 0.3) is 5.91 Å². The molecule has 29 heavy (non-hydrogen) atoms. The molecule has 6 heteroatoms. The maximum absolute atomic E-state index is 14.1. The van der Waals surface area contributed by atoms with Crippen LogP contribution in [0.5, 0.6) is 0 Å². The Labute approximate surface area is 172 Å². The van der Waals surface area contributed by atoms with Gasteiger partial charge >= 0.3 is 0 Å². The Kier molecular flexibility index (Phi) is 5.72. The molecule has 1 amide bonds. The van der Waals surface area contributed by atoms with Crippen molar-refractivity contribution in [2.75, 3.05) is 6.54 Å². The van der Waals surface area contributed by atoms with E-state index >= 15 is 0 Å². The first-order valence-corrected chi connectivity index (χ1v) is 10.0. The summed E-state index contributed by atoms with van der Waals surface area (Å²) in [6.45, 7) is 0.489. The summed E-state index contributed by atoms with van der Waals surface area (Å²) in [6.07, 6.45) is 4.04. The van der Waals surface area contributed by atoms with Crippen LogP contribution >= 0.6 is 11.3 Å². The Morgan fingerprint density at radius 3 is 2.48 bits per heavy atom. The van der Waals surface area contributed by atoms with Crippen molar-refractivity contribution in [2.45, 2.75) is 6.42 Å². The largest absolute Gasteiger partial charge is 0.352 e. The van der Waals surface area contributed by atoms with Gasteiger partial charge in [-0.25, -0.2) is 9.37 Å². The minimum Gasteiger partial charge on any atom is -0.352 e. The summed E-state index contributed by atoms with van der Waals surface area (Å²) in [5.74, 6) is -0.456. The van der Waals surface area contributed by atoms with Crippen LogP contribution in [0.25, 0.3) is 21.0 Å². The second-order valence-electron chi connectivity index (χ2n) is 6.38. The molecule has 0 aliphatic rings. The lowest BCUT2D eigenvalue weighted by molar-refractivity contribution is 0.0954. The van der Waals surface area contributed by atoms with Crippen LogP contribution in [0.15, 0.2) is 79.1 Å². The first kappa shape index (κ1) is 19.0. The molecule has 0 atom stereocenters. The van der Waals surface area contributed by atoms with E-state index in [0.29, 0.717) is 29.1 Å². The van der Waals surface area contributed by atoms with Gasteiger partial charge in [-0.15, -0.1) is 11.3 Å². The molecule has 0 aliphatic heterocycles. The first-order chi connectivity index (χ1) is 14.2. The fraction of sp³-hybridized carbons (Fsp3) is 0.0870. The molecule has 0 aliphatic carbocycles. The van der Waals surface area contributed by atoms with Gasteiger partial charge in [-0.05, 0) is 24.3 Å². The molecule has 4 nitrogen and oxygen atoms in total. The van der Waals surface area contributed by atoms with E-state index in [2.05, 4.69) is 15.3 Å². The van der Waals surface area contributed by atoms with E-state index in [9.17, 15) is 9.18 Å². The first-order valence-electron chi connectivity index (χ1n) is 9.20. The van der Waals surface area contributed by atoms with Gasteiger partial charge < -0.3 is 5.32 Å². The van der Waals surface area contributed by atoms with E-state index in [1.54, 1.807) is 36.7 Å². The van der Waals surface area contributed by atoms with Gasteiger partial charge in [0.15, 0.2) is 0 Å². The number of hydrogen-bond acceptors (Lipinski definition) is 4. The number of halogens is 1. The van der Waals surface area contributed by atoms with Crippen molar-refractivity contribution in [2.24, 2.45) is 0 Å². The van der Waals surface area contributed by atoms with Gasteiger partial charge in [-0.1, -0.05) is 42.5 Å². The molecule has 4 aromatic rings. The molecule has 0 saturated heterocycles. The Hall–Kier alpha value is -3.38. The molecule has 0 fully saturated rings. The molecular weight excluding hydrogens is 385 g/mol. The van der Waals surface area contributed by atoms with E-state index in [4.69, 9.17) is 0 Å². The van der Waals surface area contributed by atoms with Gasteiger partial charge in [-0.3, -0.25) is 9.78 Å². The molecule has 2 heterocycles. The summed E-state index contributed by atoms with van der Waals surface area (Å²) >= 11 is 1.36. The minimum atomic E-state index is -0.289. The monoisotopic (exact) mass is 403 g/mol. The number of nitrogens with zero attached hydrogens (tertiary/aromatic N) is 2. The molecule has 0 unspecified atom stereocenters. The summed E-state index contributed by atoms with van der Waals surface area (Å²) in [5.41, 5.74) is 2.71. The zero-order chi connectivity index (χ0) is 20.1. The summed E-state index contributed by atoms with van der Waals surface area (Å²) in [7, 11) is 0. The number of pyridine rings is 1. The van der Waals surface area contributed by atoms with Crippen LogP contribution in [0.3, 0.4) is 0 Å². The van der Waals surface area contributed by atoms with E-state index in [1.807, 2.05) is 36.4 Å². The van der Waals surface area contributed by atoms with Gasteiger partial charge in [0.05, 0.1) is 4.88 Å². The van der Waals surface area contributed by atoms with E-state index in [1.165, 1.54) is 17.4 Å². The highest BCUT2D eigenvalue weighted by Crippen LogP contribution is 2.34. The van der Waals surface area contributed by atoms with Crippen LogP contribution in [0.2, 0.25) is 0 Å². The Morgan fingerprint density at radius 2 is 1.69 bits per heavy atom. The van der Waals surface area contributed by atoms with Crippen molar-refractivity contribution in [1.29, 1.82) is 0 Å². The van der Waals surface area contributed by atoms with Crippen molar-refractivity contribution < 1.29 is 9.18 Å². The number of aromatic nitrogens is 2. The van der Waals surface area contributed by atoms with Gasteiger partial charge in [0.2, 0.25) is 0 Å². The number of hydrogen-bond donors (Lipinski definition) is 1. The SMILES string of the molecule is O=C(NCCc1ccccn1)c1ccccc1-c1ncc(-c2ccccc2F)s1. The average Bonchev–Trinajstić information content (AvgIpc) is 3.24. The number of nitrogens with one attached hydrogen (secondary N) is 1. The Morgan fingerprint density at radius 1 is 0.931 bits per heavy atom. The predicted molar refractivity (Wildman–Crippen MR) is 113 cm³/mol. The van der Waals surface area contributed by atoms with Gasteiger partial charge in [0, 0.05) is 47.7 Å². The Balaban J connectivity index is 1.53. The number of carbonyl (C=O) groups is 1. The quantitative estimate of drug-likeness (QED) is 0.494. The van der Waals surface area contributed by atoms with Crippen molar-refractivity contribution in [3.8, 4) is 21.0 Å². The standard InChI is InChI=1S/C23H18FN3OS/c24-20-11-4-3-10-19(20)21-15-27-23(29-21)18-9-2-1-8-17(18)22(28)26-14-12-16-7-5-6-13-25-16/h1-11,13,15H,12,14H2,(H,26,28). The maximum Gasteiger partial charge on any atom is 0.252 e. The fourth-order valence-electron chi connectivity index (χ4n) is 3.00. The molecule has 144 valence electrons. The van der Waals surface area contributed by atoms with Crippen molar-refractivity contribution in [1.82, 2.24) is 15.3 Å². The highest BCUT2D eigenvalue weighted by molar-refractivity contribution is 7.18. The molecule has 0 saturated carbocycles. The highest BCUT2D eigenvalue weighted by Gasteiger charge is 2.16. The van der Waals surface area contributed by atoms with Crippen molar-refractivity contribution in [3.63, 3.8) is 0 Å². The van der Waals surface area contributed by atoms with Gasteiger partial charge in [0.1, 0.15) is 10.8 Å². The average molecular weight is 403 g/mol. The van der Waals surface area contributed by atoms with Crippen molar-refractivity contribution >= 4 is 17.2 Å². The third-order valence-corrected chi connectivity index (χ3v) is 5.50. The molecule has 0 bridgehead atoms. The van der Waals surface area contributed by atoms with Gasteiger partial charge in [-0.2, -0.15) is 0 Å². The summed E-state index contributed by atoms with van der Waals surface area (Å²) in [5, 5.41) is 3.62. The second kappa shape index (κ2) is 8.75. The predicted octanol–water partition coefficient (Wildman–Crippen LogP) is 4.98. The molecule has 2 aromatic carbocycles. The van der Waals surface area contributed by atoms with Crippen LogP contribution in [0.1, 0.15) is 16.1 Å². The number of carbonyl (C=O) groups excluding carboxylic acids is 1. The lowest BCUT2D eigenvalue weighted by atomic mass is 10.1. The molecular formula is C23H18FN3OS. The number of benzene rings is 2. The smallest absolute Gasteiger partial charge is 0.252 e. The van der Waals surface area contributed by atoms with Crippen LogP contribution in [0.4, 0.5) is 4.39 Å². The number of thiazole rings is 1. The van der Waals surface area contributed by atoms with Crippen LogP contribution in [-0.4, -0.2) is 22.4 Å². The molecule has 2 aromatic heterocycles. The van der Waals surface area contributed by atoms with E-state index in [-0.39, 0.29) is 11.7 Å². The summed E-state index contributed by atoms with van der Waals surface area (Å²) in [4.78, 5) is 22.2. The zero-order valence-electron chi connectivity index (χ0n) is 15.5. The summed E-state index contributed by atoms with van der Waals surface area (Å²) in [6, 6.07) is 19.6. The molecule has 0 spiro atoms. The third kappa shape index (κ3) is 4.38. The third-order valence-electron chi connectivity index (χ3n) is 4.44. The zero-order valence-corrected chi connectivity index (χ0v) is 16.3. The number of amides is 1. The fourth-order valence-corrected chi connectivity index (χ4v) is 3.98. The lowest BCUT2D eigenvalue weighted by Crippen LogP contribution is -2.26. The number of rotatable bonds is 6. The lowest BCUT2D eigenvalue weighted by Gasteiger charge is -2.08. The van der Waals surface area contributed by atoms with Crippen LogP contribution in [-0.2, 0) is 6.42 Å².